The van der Waals surface area contributed by atoms with Crippen LogP contribution in [0.2, 0.25) is 0 Å². The summed E-state index contributed by atoms with van der Waals surface area (Å²) in [5.41, 5.74) is 14.3. The molecule has 0 spiro atoms. The lowest BCUT2D eigenvalue weighted by Crippen LogP contribution is -2.25. The van der Waals surface area contributed by atoms with Crippen molar-refractivity contribution in [3.05, 3.63) is 174 Å². The Bertz CT molecular complexity index is 2420. The van der Waals surface area contributed by atoms with Gasteiger partial charge in [-0.25, -0.2) is 0 Å². The Morgan fingerprint density at radius 3 is 2.25 bits per heavy atom. The molecule has 0 amide bonds. The predicted molar refractivity (Wildman–Crippen MR) is 199 cm³/mol. The van der Waals surface area contributed by atoms with E-state index in [1.807, 2.05) is 30.3 Å². The first-order valence-corrected chi connectivity index (χ1v) is 17.2. The van der Waals surface area contributed by atoms with E-state index >= 15 is 0 Å². The average Bonchev–Trinajstić information content (AvgIpc) is 3.84. The van der Waals surface area contributed by atoms with E-state index in [0.717, 1.165) is 42.0 Å². The van der Waals surface area contributed by atoms with Gasteiger partial charge in [0.2, 0.25) is 0 Å². The van der Waals surface area contributed by atoms with Gasteiger partial charge in [-0.15, -0.1) is 0 Å². The molecule has 1 fully saturated rings. The molecule has 0 aliphatic heterocycles. The first kappa shape index (κ1) is 27.5. The Morgan fingerprint density at radius 1 is 0.646 bits per heavy atom. The first-order valence-electron chi connectivity index (χ1n) is 17.2. The summed E-state index contributed by atoms with van der Waals surface area (Å²) in [5.74, 6) is 1.69. The SMILES string of the molecule is CCn1c2c(c3c(-c4ccc(-c5ccc6c(c5)-c5ccccc5C57C=CC=CC65C7)cc4Oc4ccccc4)cccc31)C=CC=CC2. The van der Waals surface area contributed by atoms with Crippen LogP contribution in [0.3, 0.4) is 0 Å². The Labute approximate surface area is 281 Å². The standard InChI is InChI=1S/C46H35NO/c1-2-47-41-20-8-4-7-17-37(41)44-36(18-13-21-42(44)47)35-24-22-32(29-43(35)48-33-14-5-3-6-15-33)31-23-25-40-38(28-31)34-16-9-10-19-39(34)45-26-11-12-27-46(40,45)30-45/h3-19,21-29H,2,20,30H2,1H3. The van der Waals surface area contributed by atoms with E-state index in [0.29, 0.717) is 0 Å². The Balaban J connectivity index is 1.16. The Morgan fingerprint density at radius 2 is 1.40 bits per heavy atom. The second-order valence-electron chi connectivity index (χ2n) is 13.6. The maximum atomic E-state index is 6.78. The molecule has 0 saturated heterocycles. The number of rotatable bonds is 5. The van der Waals surface area contributed by atoms with E-state index in [4.69, 9.17) is 4.74 Å². The number of ether oxygens (including phenoxy) is 1. The van der Waals surface area contributed by atoms with E-state index in [1.54, 1.807) is 0 Å². The van der Waals surface area contributed by atoms with Crippen molar-refractivity contribution in [1.82, 2.24) is 4.57 Å². The van der Waals surface area contributed by atoms with Gasteiger partial charge in [0.1, 0.15) is 11.5 Å². The van der Waals surface area contributed by atoms with Gasteiger partial charge in [-0.05, 0) is 88.7 Å². The number of aromatic nitrogens is 1. The highest BCUT2D eigenvalue weighted by Gasteiger charge is 2.69. The van der Waals surface area contributed by atoms with E-state index in [1.165, 1.54) is 55.5 Å². The lowest BCUT2D eigenvalue weighted by molar-refractivity contribution is 0.485. The number of fused-ring (bicyclic) bond motifs is 6. The van der Waals surface area contributed by atoms with Gasteiger partial charge in [-0.2, -0.15) is 0 Å². The van der Waals surface area contributed by atoms with Crippen LogP contribution in [0.5, 0.6) is 11.5 Å². The third-order valence-electron chi connectivity index (χ3n) is 11.3. The van der Waals surface area contributed by atoms with Crippen molar-refractivity contribution in [3.8, 4) is 44.9 Å². The number of hydrogen-bond donors (Lipinski definition) is 0. The summed E-state index contributed by atoms with van der Waals surface area (Å²) >= 11 is 0. The van der Waals surface area contributed by atoms with Crippen molar-refractivity contribution in [1.29, 1.82) is 0 Å². The van der Waals surface area contributed by atoms with E-state index in [-0.39, 0.29) is 10.8 Å². The van der Waals surface area contributed by atoms with E-state index < -0.39 is 0 Å². The molecule has 0 N–H and O–H groups in total. The van der Waals surface area contributed by atoms with Crippen LogP contribution in [0.4, 0.5) is 0 Å². The zero-order valence-corrected chi connectivity index (χ0v) is 27.0. The molecule has 2 heteroatoms. The molecule has 2 nitrogen and oxygen atoms in total. The van der Waals surface area contributed by atoms with Gasteiger partial charge in [-0.1, -0.05) is 121 Å². The van der Waals surface area contributed by atoms with Crippen molar-refractivity contribution in [2.75, 3.05) is 0 Å². The normalized spacial score (nSPS) is 20.8. The van der Waals surface area contributed by atoms with Crippen molar-refractivity contribution >= 4 is 17.0 Å². The van der Waals surface area contributed by atoms with Gasteiger partial charge in [0.05, 0.1) is 0 Å². The topological polar surface area (TPSA) is 14.2 Å². The summed E-state index contributed by atoms with van der Waals surface area (Å²) in [6.45, 7) is 3.17. The molecule has 0 bridgehead atoms. The molecule has 6 aromatic rings. The third kappa shape index (κ3) is 3.75. The van der Waals surface area contributed by atoms with Crippen LogP contribution in [0.15, 0.2) is 152 Å². The lowest BCUT2D eigenvalue weighted by atomic mass is 9.69. The molecule has 5 aromatic carbocycles. The van der Waals surface area contributed by atoms with Crippen LogP contribution >= 0.6 is 0 Å². The largest absolute Gasteiger partial charge is 0.457 e. The minimum absolute atomic E-state index is 0.0605. The van der Waals surface area contributed by atoms with E-state index in [2.05, 4.69) is 139 Å². The highest BCUT2D eigenvalue weighted by Crippen LogP contribution is 2.73. The highest BCUT2D eigenvalue weighted by atomic mass is 16.5. The van der Waals surface area contributed by atoms with Crippen molar-refractivity contribution in [2.45, 2.75) is 37.1 Å². The van der Waals surface area contributed by atoms with Gasteiger partial charge >= 0.3 is 0 Å². The second kappa shape index (κ2) is 10.2. The Kier molecular flexibility index (Phi) is 5.84. The third-order valence-corrected chi connectivity index (χ3v) is 11.3. The molecule has 4 aliphatic rings. The van der Waals surface area contributed by atoms with E-state index in [9.17, 15) is 0 Å². The fraction of sp³-hybridized carbons (Fsp3) is 0.130. The first-order chi connectivity index (χ1) is 23.7. The maximum Gasteiger partial charge on any atom is 0.135 e. The van der Waals surface area contributed by atoms with Crippen LogP contribution in [0.25, 0.3) is 50.4 Å². The zero-order chi connectivity index (χ0) is 31.9. The minimum atomic E-state index is 0.0605. The average molecular weight is 618 g/mol. The number of allylic oxidation sites excluding steroid dienone is 7. The Hall–Kier alpha value is -5.60. The van der Waals surface area contributed by atoms with Crippen LogP contribution in [-0.2, 0) is 23.8 Å². The molecule has 48 heavy (non-hydrogen) atoms. The van der Waals surface area contributed by atoms with Gasteiger partial charge in [0.25, 0.3) is 0 Å². The number of para-hydroxylation sites is 1. The van der Waals surface area contributed by atoms with Gasteiger partial charge in [-0.3, -0.25) is 0 Å². The molecule has 1 saturated carbocycles. The monoisotopic (exact) mass is 617 g/mol. The molecular weight excluding hydrogens is 583 g/mol. The summed E-state index contributed by atoms with van der Waals surface area (Å²) in [4.78, 5) is 0. The number of hydrogen-bond acceptors (Lipinski definition) is 1. The minimum Gasteiger partial charge on any atom is -0.457 e. The van der Waals surface area contributed by atoms with Crippen LogP contribution in [-0.4, -0.2) is 4.57 Å². The molecule has 2 unspecified atom stereocenters. The fourth-order valence-corrected chi connectivity index (χ4v) is 9.05. The number of nitrogens with zero attached hydrogens (tertiary/aromatic N) is 1. The van der Waals surface area contributed by atoms with Crippen molar-refractivity contribution in [3.63, 3.8) is 0 Å². The summed E-state index contributed by atoms with van der Waals surface area (Å²) in [6.07, 6.45) is 20.3. The molecule has 1 aromatic heterocycles. The van der Waals surface area contributed by atoms with Crippen LogP contribution < -0.4 is 4.74 Å². The molecule has 0 radical (unpaired) electrons. The second-order valence-corrected chi connectivity index (χ2v) is 13.6. The summed E-state index contributed by atoms with van der Waals surface area (Å²) in [7, 11) is 0. The number of aryl methyl sites for hydroxylation is 1. The molecule has 2 atom stereocenters. The summed E-state index contributed by atoms with van der Waals surface area (Å²) in [5, 5.41) is 1.28. The molecule has 1 heterocycles. The summed E-state index contributed by atoms with van der Waals surface area (Å²) in [6, 6.07) is 39.8. The number of benzene rings is 5. The molecular formula is C46H35NO. The quantitative estimate of drug-likeness (QED) is 0.188. The van der Waals surface area contributed by atoms with Crippen molar-refractivity contribution in [2.24, 2.45) is 0 Å². The van der Waals surface area contributed by atoms with Crippen molar-refractivity contribution < 1.29 is 4.74 Å². The van der Waals surface area contributed by atoms with Gasteiger partial charge in [0.15, 0.2) is 0 Å². The zero-order valence-electron chi connectivity index (χ0n) is 27.0. The van der Waals surface area contributed by atoms with Gasteiger partial charge < -0.3 is 9.30 Å². The van der Waals surface area contributed by atoms with Crippen LogP contribution in [0.1, 0.15) is 35.7 Å². The highest BCUT2D eigenvalue weighted by molar-refractivity contribution is 6.04. The molecule has 230 valence electrons. The molecule has 10 rings (SSSR count). The van der Waals surface area contributed by atoms with Crippen LogP contribution in [0, 0.1) is 0 Å². The molecule has 4 aliphatic carbocycles. The predicted octanol–water partition coefficient (Wildman–Crippen LogP) is 11.6. The lowest BCUT2D eigenvalue weighted by Gasteiger charge is -2.33. The fourth-order valence-electron chi connectivity index (χ4n) is 9.05. The smallest absolute Gasteiger partial charge is 0.135 e. The maximum absolute atomic E-state index is 6.78. The van der Waals surface area contributed by atoms with Gasteiger partial charge in [0, 0.05) is 51.5 Å². The summed E-state index contributed by atoms with van der Waals surface area (Å²) < 4.78 is 9.25.